The first kappa shape index (κ1) is 9.03. The Morgan fingerprint density at radius 1 is 1.25 bits per heavy atom. The van der Waals surface area contributed by atoms with Crippen LogP contribution in [-0.4, -0.2) is 13.3 Å². The number of nitrogens with zero attached hydrogens (tertiary/aromatic N) is 1. The van der Waals surface area contributed by atoms with Gasteiger partial charge in [0.25, 0.3) is 0 Å². The third-order valence-electron chi connectivity index (χ3n) is 1.62. The number of hydrogen-bond donors (Lipinski definition) is 0. The number of hydrogen-bond acceptors (Lipinski definition) is 2. The molecule has 3 heteroatoms. The molecule has 0 unspecified atom stereocenters. The van der Waals surface area contributed by atoms with Crippen LogP contribution in [0.4, 0.5) is 0 Å². The fourth-order valence-electron chi connectivity index (χ4n) is 0.895. The Balaban J connectivity index is 3.11. The first-order valence-corrected chi connectivity index (χ1v) is 6.20. The molecule has 0 atom stereocenters. The van der Waals surface area contributed by atoms with Gasteiger partial charge < -0.3 is 4.57 Å². The molecule has 0 saturated carbocycles. The van der Waals surface area contributed by atoms with Gasteiger partial charge in [-0.1, -0.05) is 12.1 Å². The van der Waals surface area contributed by atoms with E-state index in [2.05, 4.69) is 0 Å². The molecule has 1 aromatic carbocycles. The van der Waals surface area contributed by atoms with Gasteiger partial charge in [0.1, 0.15) is 7.14 Å². The highest BCUT2D eigenvalue weighted by atomic mass is 31.2. The summed E-state index contributed by atoms with van der Waals surface area (Å²) in [5.74, 6) is 0. The minimum absolute atomic E-state index is 0.604. The summed E-state index contributed by atoms with van der Waals surface area (Å²) < 4.78 is 11.5. The van der Waals surface area contributed by atoms with Gasteiger partial charge in [0.15, 0.2) is 0 Å². The average Bonchev–Trinajstić information content (AvgIpc) is 2.03. The van der Waals surface area contributed by atoms with Crippen LogP contribution in [-0.2, 0) is 4.57 Å². The van der Waals surface area contributed by atoms with Gasteiger partial charge in [0.05, 0.1) is 11.6 Å². The molecule has 0 bridgehead atoms. The Bertz CT molecular complexity index is 355. The second kappa shape index (κ2) is 3.13. The van der Waals surface area contributed by atoms with Crippen molar-refractivity contribution in [3.8, 4) is 6.07 Å². The molecule has 0 aliphatic rings. The standard InChI is InChI=1S/C9H10NOP/c1-12(2,11)9-5-3-8(7-10)4-6-9/h3-6H,1-2H3. The van der Waals surface area contributed by atoms with E-state index < -0.39 is 7.14 Å². The van der Waals surface area contributed by atoms with Crippen molar-refractivity contribution in [1.29, 1.82) is 5.26 Å². The van der Waals surface area contributed by atoms with E-state index in [-0.39, 0.29) is 0 Å². The highest BCUT2D eigenvalue weighted by molar-refractivity contribution is 7.70. The lowest BCUT2D eigenvalue weighted by Gasteiger charge is -2.05. The molecule has 0 amide bonds. The van der Waals surface area contributed by atoms with Crippen molar-refractivity contribution in [2.45, 2.75) is 0 Å². The molecule has 0 spiro atoms. The first-order valence-electron chi connectivity index (χ1n) is 3.60. The van der Waals surface area contributed by atoms with Gasteiger partial charge in [-0.3, -0.25) is 0 Å². The molecular formula is C9H10NOP. The number of rotatable bonds is 1. The van der Waals surface area contributed by atoms with Crippen LogP contribution in [0.2, 0.25) is 0 Å². The molecule has 1 rings (SSSR count). The maximum Gasteiger partial charge on any atom is 0.109 e. The predicted octanol–water partition coefficient (Wildman–Crippen LogP) is 1.81. The van der Waals surface area contributed by atoms with Crippen LogP contribution in [0.5, 0.6) is 0 Å². The lowest BCUT2D eigenvalue weighted by molar-refractivity contribution is 0.588. The lowest BCUT2D eigenvalue weighted by Crippen LogP contribution is -2.01. The molecule has 0 N–H and O–H groups in total. The zero-order chi connectivity index (χ0) is 9.19. The number of nitriles is 1. The second-order valence-corrected chi connectivity index (χ2v) is 6.23. The molecule has 0 aliphatic carbocycles. The lowest BCUT2D eigenvalue weighted by atomic mass is 10.2. The van der Waals surface area contributed by atoms with Crippen LogP contribution >= 0.6 is 7.14 Å². The van der Waals surface area contributed by atoms with Crippen molar-refractivity contribution >= 4 is 12.4 Å². The third-order valence-corrected chi connectivity index (χ3v) is 3.16. The normalized spacial score (nSPS) is 10.8. The van der Waals surface area contributed by atoms with Gasteiger partial charge in [0, 0.05) is 5.30 Å². The monoisotopic (exact) mass is 179 g/mol. The van der Waals surface area contributed by atoms with E-state index in [1.54, 1.807) is 37.6 Å². The Morgan fingerprint density at radius 2 is 1.75 bits per heavy atom. The first-order chi connectivity index (χ1) is 5.54. The van der Waals surface area contributed by atoms with Crippen molar-refractivity contribution in [2.24, 2.45) is 0 Å². The summed E-state index contributed by atoms with van der Waals surface area (Å²) in [6, 6.07) is 8.89. The molecule has 1 aromatic rings. The van der Waals surface area contributed by atoms with Crippen LogP contribution in [0, 0.1) is 11.3 Å². The van der Waals surface area contributed by atoms with Crippen LogP contribution < -0.4 is 5.30 Å². The highest BCUT2D eigenvalue weighted by Gasteiger charge is 2.09. The second-order valence-electron chi connectivity index (χ2n) is 3.01. The minimum Gasteiger partial charge on any atom is -0.319 e. The fraction of sp³-hybridized carbons (Fsp3) is 0.222. The molecule has 62 valence electrons. The Labute approximate surface area is 72.2 Å². The molecular weight excluding hydrogens is 169 g/mol. The number of benzene rings is 1. The summed E-state index contributed by atoms with van der Waals surface area (Å²) in [5.41, 5.74) is 0.604. The van der Waals surface area contributed by atoms with Crippen LogP contribution in [0.25, 0.3) is 0 Å². The maximum absolute atomic E-state index is 11.5. The molecule has 12 heavy (non-hydrogen) atoms. The molecule has 0 saturated heterocycles. The topological polar surface area (TPSA) is 40.9 Å². The van der Waals surface area contributed by atoms with Crippen LogP contribution in [0.1, 0.15) is 5.56 Å². The summed E-state index contributed by atoms with van der Waals surface area (Å²) in [4.78, 5) is 0. The summed E-state index contributed by atoms with van der Waals surface area (Å²) in [7, 11) is -2.16. The van der Waals surface area contributed by atoms with E-state index in [1.165, 1.54) is 0 Å². The zero-order valence-electron chi connectivity index (χ0n) is 7.11. The highest BCUT2D eigenvalue weighted by Crippen LogP contribution is 2.34. The average molecular weight is 179 g/mol. The summed E-state index contributed by atoms with van der Waals surface area (Å²) in [6.07, 6.45) is 0. The third kappa shape index (κ3) is 1.96. The smallest absolute Gasteiger partial charge is 0.109 e. The van der Waals surface area contributed by atoms with Crippen LogP contribution in [0.3, 0.4) is 0 Å². The van der Waals surface area contributed by atoms with Gasteiger partial charge in [-0.2, -0.15) is 5.26 Å². The fourth-order valence-corrected chi connectivity index (χ4v) is 1.76. The zero-order valence-corrected chi connectivity index (χ0v) is 8.01. The Morgan fingerprint density at radius 3 is 2.08 bits per heavy atom. The van der Waals surface area contributed by atoms with E-state index in [0.29, 0.717) is 5.56 Å². The predicted molar refractivity (Wildman–Crippen MR) is 50.2 cm³/mol. The molecule has 0 heterocycles. The molecule has 2 nitrogen and oxygen atoms in total. The SMILES string of the molecule is CP(C)(=O)c1ccc(C#N)cc1. The van der Waals surface area contributed by atoms with Gasteiger partial charge in [-0.15, -0.1) is 0 Å². The van der Waals surface area contributed by atoms with Crippen LogP contribution in [0.15, 0.2) is 24.3 Å². The Kier molecular flexibility index (Phi) is 2.35. The van der Waals surface area contributed by atoms with E-state index in [9.17, 15) is 4.57 Å². The molecule has 0 aliphatic heterocycles. The van der Waals surface area contributed by atoms with Crippen molar-refractivity contribution < 1.29 is 4.57 Å². The molecule has 0 radical (unpaired) electrons. The van der Waals surface area contributed by atoms with Gasteiger partial charge >= 0.3 is 0 Å². The summed E-state index contributed by atoms with van der Waals surface area (Å²) >= 11 is 0. The van der Waals surface area contributed by atoms with Crippen molar-refractivity contribution in [3.63, 3.8) is 0 Å². The Hall–Kier alpha value is -1.06. The quantitative estimate of drug-likeness (QED) is 0.617. The minimum atomic E-state index is -2.16. The van der Waals surface area contributed by atoms with Crippen molar-refractivity contribution in [2.75, 3.05) is 13.3 Å². The van der Waals surface area contributed by atoms with Crippen molar-refractivity contribution in [1.82, 2.24) is 0 Å². The summed E-state index contributed by atoms with van der Waals surface area (Å²) in [5, 5.41) is 9.33. The van der Waals surface area contributed by atoms with Crippen molar-refractivity contribution in [3.05, 3.63) is 29.8 Å². The van der Waals surface area contributed by atoms with E-state index in [1.807, 2.05) is 6.07 Å². The van der Waals surface area contributed by atoms with Gasteiger partial charge in [-0.05, 0) is 25.5 Å². The van der Waals surface area contributed by atoms with E-state index >= 15 is 0 Å². The molecule has 0 aromatic heterocycles. The van der Waals surface area contributed by atoms with E-state index in [0.717, 1.165) is 5.30 Å². The van der Waals surface area contributed by atoms with Gasteiger partial charge in [-0.25, -0.2) is 0 Å². The summed E-state index contributed by atoms with van der Waals surface area (Å²) in [6.45, 7) is 3.43. The van der Waals surface area contributed by atoms with E-state index in [4.69, 9.17) is 5.26 Å². The maximum atomic E-state index is 11.5. The van der Waals surface area contributed by atoms with Gasteiger partial charge in [0.2, 0.25) is 0 Å². The largest absolute Gasteiger partial charge is 0.319 e. The molecule has 0 fully saturated rings.